The van der Waals surface area contributed by atoms with E-state index in [9.17, 15) is 4.79 Å². The third kappa shape index (κ3) is 4.91. The Hall–Kier alpha value is -2.64. The molecule has 0 spiro atoms. The summed E-state index contributed by atoms with van der Waals surface area (Å²) in [6.07, 6.45) is 0. The van der Waals surface area contributed by atoms with Crippen molar-refractivity contribution in [2.45, 2.75) is 20.8 Å². The van der Waals surface area contributed by atoms with E-state index in [1.54, 1.807) is 18.1 Å². The molecule has 1 heterocycles. The molecule has 0 atom stereocenters. The molecule has 3 rings (SSSR count). The van der Waals surface area contributed by atoms with Gasteiger partial charge in [0, 0.05) is 0 Å². The van der Waals surface area contributed by atoms with Crippen molar-refractivity contribution in [1.82, 2.24) is 4.98 Å². The summed E-state index contributed by atoms with van der Waals surface area (Å²) in [7, 11) is 1.59. The van der Waals surface area contributed by atoms with Crippen LogP contribution in [0.3, 0.4) is 0 Å². The topological polar surface area (TPSA) is 56.1 Å². The van der Waals surface area contributed by atoms with Crippen LogP contribution in [0, 0.1) is 0 Å². The van der Waals surface area contributed by atoms with Crippen molar-refractivity contribution in [1.29, 1.82) is 0 Å². The maximum atomic E-state index is 13.5. The number of likely N-dealkylation sites (N-methyl/N-ethyl adjacent to an activating group) is 1. The number of amides is 1. The predicted octanol–water partition coefficient (Wildman–Crippen LogP) is 3.28. The number of benzene rings is 2. The molecule has 6 nitrogen and oxygen atoms in total. The number of methoxy groups -OCH3 is 1. The van der Waals surface area contributed by atoms with Gasteiger partial charge in [-0.2, -0.15) is 0 Å². The van der Waals surface area contributed by atoms with Gasteiger partial charge in [0.15, 0.2) is 5.13 Å². The monoisotopic (exact) mass is 428 g/mol. The molecule has 0 saturated heterocycles. The van der Waals surface area contributed by atoms with Crippen LogP contribution >= 0.6 is 11.3 Å². The van der Waals surface area contributed by atoms with Crippen molar-refractivity contribution >= 4 is 32.6 Å². The average Bonchev–Trinajstić information content (AvgIpc) is 3.19. The lowest BCUT2D eigenvalue weighted by Gasteiger charge is -2.23. The van der Waals surface area contributed by atoms with Crippen LogP contribution in [0.1, 0.15) is 31.1 Å². The van der Waals surface area contributed by atoms with Gasteiger partial charge in [0.1, 0.15) is 11.5 Å². The van der Waals surface area contributed by atoms with E-state index < -0.39 is 0 Å². The average molecular weight is 429 g/mol. The first-order valence-corrected chi connectivity index (χ1v) is 11.2. The molecule has 0 aliphatic rings. The molecule has 0 radical (unpaired) electrons. The number of fused-ring (bicyclic) bond motifs is 1. The number of aromatic nitrogens is 1. The lowest BCUT2D eigenvalue weighted by molar-refractivity contribution is -0.894. The highest BCUT2D eigenvalue weighted by molar-refractivity contribution is 7.22. The largest absolute Gasteiger partial charge is 0.496 e. The van der Waals surface area contributed by atoms with Crippen molar-refractivity contribution in [3.63, 3.8) is 0 Å². The maximum absolute atomic E-state index is 13.5. The molecule has 0 saturated carbocycles. The van der Waals surface area contributed by atoms with E-state index in [1.165, 1.54) is 16.2 Å². The van der Waals surface area contributed by atoms with E-state index in [1.807, 2.05) is 43.3 Å². The van der Waals surface area contributed by atoms with Gasteiger partial charge in [0.05, 0.1) is 55.7 Å². The van der Waals surface area contributed by atoms with Gasteiger partial charge in [-0.25, -0.2) is 4.98 Å². The zero-order valence-electron chi connectivity index (χ0n) is 18.1. The molecule has 2 aromatic carbocycles. The first kappa shape index (κ1) is 22.1. The quantitative estimate of drug-likeness (QED) is 0.539. The molecular weight excluding hydrogens is 398 g/mol. The Morgan fingerprint density at radius 1 is 1.13 bits per heavy atom. The van der Waals surface area contributed by atoms with Gasteiger partial charge in [-0.1, -0.05) is 23.5 Å². The highest BCUT2D eigenvalue weighted by Crippen LogP contribution is 2.33. The number of hydrogen-bond donors (Lipinski definition) is 1. The Morgan fingerprint density at radius 2 is 1.90 bits per heavy atom. The predicted molar refractivity (Wildman–Crippen MR) is 122 cm³/mol. The van der Waals surface area contributed by atoms with Gasteiger partial charge < -0.3 is 14.4 Å². The summed E-state index contributed by atoms with van der Waals surface area (Å²) in [5, 5.41) is 0.695. The number of para-hydroxylation sites is 1. The molecule has 0 aliphatic heterocycles. The molecule has 0 fully saturated rings. The molecule has 30 heavy (non-hydrogen) atoms. The van der Waals surface area contributed by atoms with E-state index >= 15 is 0 Å². The maximum Gasteiger partial charge on any atom is 0.264 e. The third-order valence-corrected chi connectivity index (χ3v) is 6.20. The Balaban J connectivity index is 1.98. The van der Waals surface area contributed by atoms with Crippen molar-refractivity contribution in [3.8, 4) is 11.5 Å². The fourth-order valence-electron chi connectivity index (χ4n) is 3.39. The van der Waals surface area contributed by atoms with Gasteiger partial charge in [-0.05, 0) is 51.1 Å². The molecule has 3 aromatic rings. The zero-order chi connectivity index (χ0) is 21.5. The summed E-state index contributed by atoms with van der Waals surface area (Å²) in [6.45, 7) is 10.4. The molecule has 1 amide bonds. The van der Waals surface area contributed by atoms with Crippen LogP contribution in [0.5, 0.6) is 11.5 Å². The van der Waals surface area contributed by atoms with Gasteiger partial charge >= 0.3 is 0 Å². The molecule has 1 N–H and O–H groups in total. The van der Waals surface area contributed by atoms with Gasteiger partial charge in [0.25, 0.3) is 5.91 Å². The number of rotatable bonds is 10. The van der Waals surface area contributed by atoms with Gasteiger partial charge in [-0.3, -0.25) is 9.69 Å². The van der Waals surface area contributed by atoms with E-state index in [-0.39, 0.29) is 5.91 Å². The molecule has 0 bridgehead atoms. The Bertz CT molecular complexity index is 985. The van der Waals surface area contributed by atoms with Crippen LogP contribution in [-0.4, -0.2) is 50.8 Å². The number of quaternary nitrogens is 1. The van der Waals surface area contributed by atoms with Crippen LogP contribution in [0.2, 0.25) is 0 Å². The summed E-state index contributed by atoms with van der Waals surface area (Å²) >= 11 is 1.51. The van der Waals surface area contributed by atoms with E-state index in [4.69, 9.17) is 14.5 Å². The standard InChI is InChI=1S/C23H29N3O3S/c1-5-25(6-2)14-15-26(22(27)18-10-8-9-11-20(18)28-4)23-24-19-13-12-17(29-7-3)16-21(19)30-23/h8-13,16H,5-7,14-15H2,1-4H3/p+1. The smallest absolute Gasteiger partial charge is 0.264 e. The number of ether oxygens (including phenoxy) is 2. The minimum absolute atomic E-state index is 0.0944. The molecule has 160 valence electrons. The highest BCUT2D eigenvalue weighted by Gasteiger charge is 2.25. The number of carbonyl (C=O) groups excluding carboxylic acids is 1. The number of nitrogens with one attached hydrogen (secondary N) is 1. The van der Waals surface area contributed by atoms with Crippen molar-refractivity contribution in [3.05, 3.63) is 48.0 Å². The van der Waals surface area contributed by atoms with Crippen LogP contribution in [0.25, 0.3) is 10.2 Å². The SMILES string of the molecule is CCOc1ccc2nc(N(CC[NH+](CC)CC)C(=O)c3ccccc3OC)sc2c1. The summed E-state index contributed by atoms with van der Waals surface area (Å²) in [4.78, 5) is 21.5. The second kappa shape index (κ2) is 10.4. The van der Waals surface area contributed by atoms with Crippen LogP contribution in [0.15, 0.2) is 42.5 Å². The van der Waals surface area contributed by atoms with Crippen molar-refractivity contribution < 1.29 is 19.2 Å². The van der Waals surface area contributed by atoms with Crippen LogP contribution < -0.4 is 19.3 Å². The minimum Gasteiger partial charge on any atom is -0.496 e. The second-order valence-corrected chi connectivity index (χ2v) is 7.93. The molecule has 7 heteroatoms. The summed E-state index contributed by atoms with van der Waals surface area (Å²) in [6, 6.07) is 13.2. The van der Waals surface area contributed by atoms with Gasteiger partial charge in [-0.15, -0.1) is 0 Å². The van der Waals surface area contributed by atoms with E-state index in [2.05, 4.69) is 13.8 Å². The fourth-order valence-corrected chi connectivity index (χ4v) is 4.41. The third-order valence-electron chi connectivity index (χ3n) is 5.16. The normalized spacial score (nSPS) is 11.1. The molecule has 1 aromatic heterocycles. The first-order valence-electron chi connectivity index (χ1n) is 10.4. The minimum atomic E-state index is -0.0944. The van der Waals surface area contributed by atoms with Crippen LogP contribution in [0.4, 0.5) is 5.13 Å². The molecule has 0 unspecified atom stereocenters. The molecule has 0 aliphatic carbocycles. The van der Waals surface area contributed by atoms with Crippen molar-refractivity contribution in [2.75, 3.05) is 44.8 Å². The summed E-state index contributed by atoms with van der Waals surface area (Å²) in [5.41, 5.74) is 1.41. The van der Waals surface area contributed by atoms with Crippen molar-refractivity contribution in [2.24, 2.45) is 0 Å². The lowest BCUT2D eigenvalue weighted by atomic mass is 10.1. The second-order valence-electron chi connectivity index (χ2n) is 6.92. The van der Waals surface area contributed by atoms with Crippen LogP contribution in [-0.2, 0) is 0 Å². The number of carbonyl (C=O) groups is 1. The summed E-state index contributed by atoms with van der Waals surface area (Å²) < 4.78 is 12.1. The Labute approximate surface area is 182 Å². The Morgan fingerprint density at radius 3 is 2.60 bits per heavy atom. The van der Waals surface area contributed by atoms with Gasteiger partial charge in [0.2, 0.25) is 0 Å². The van der Waals surface area contributed by atoms with E-state index in [0.29, 0.717) is 29.6 Å². The fraction of sp³-hybridized carbons (Fsp3) is 0.391. The first-order chi connectivity index (χ1) is 14.6. The Kier molecular flexibility index (Phi) is 7.65. The zero-order valence-corrected chi connectivity index (χ0v) is 18.9. The summed E-state index contributed by atoms with van der Waals surface area (Å²) in [5.74, 6) is 1.29. The number of thiazole rings is 1. The molecular formula is C23H30N3O3S+. The number of anilines is 1. The highest BCUT2D eigenvalue weighted by atomic mass is 32.1. The number of nitrogens with zero attached hydrogens (tertiary/aromatic N) is 2. The number of hydrogen-bond acceptors (Lipinski definition) is 5. The van der Waals surface area contributed by atoms with E-state index in [0.717, 1.165) is 35.6 Å². The lowest BCUT2D eigenvalue weighted by Crippen LogP contribution is -3.12.